The van der Waals surface area contributed by atoms with Gasteiger partial charge in [0.2, 0.25) is 0 Å². The molecule has 0 bridgehead atoms. The number of aromatic nitrogens is 2. The van der Waals surface area contributed by atoms with Gasteiger partial charge in [-0.1, -0.05) is 0 Å². The lowest BCUT2D eigenvalue weighted by Crippen LogP contribution is -2.03. The summed E-state index contributed by atoms with van der Waals surface area (Å²) in [6, 6.07) is 2.46. The Labute approximate surface area is 122 Å². The van der Waals surface area contributed by atoms with Crippen molar-refractivity contribution in [2.45, 2.75) is 6.92 Å². The van der Waals surface area contributed by atoms with E-state index in [2.05, 4.69) is 30.6 Å². The molecule has 0 aliphatic carbocycles. The second-order valence-corrected chi connectivity index (χ2v) is 4.68. The monoisotopic (exact) mass is 340 g/mol. The maximum atomic E-state index is 14.0. The van der Waals surface area contributed by atoms with Gasteiger partial charge in [0.25, 0.3) is 0 Å². The highest BCUT2D eigenvalue weighted by molar-refractivity contribution is 9.10. The van der Waals surface area contributed by atoms with Gasteiger partial charge in [-0.3, -0.25) is 0 Å². The lowest BCUT2D eigenvalue weighted by atomic mass is 10.2. The van der Waals surface area contributed by atoms with E-state index in [9.17, 15) is 9.18 Å². The van der Waals surface area contributed by atoms with E-state index in [1.807, 2.05) is 0 Å². The molecule has 0 radical (unpaired) electrons. The fraction of sp³-hybridized carbons (Fsp3) is 0.154. The highest BCUT2D eigenvalue weighted by Crippen LogP contribution is 2.33. The molecule has 2 rings (SSSR count). The Morgan fingerprint density at radius 1 is 1.30 bits per heavy atom. The molecule has 0 saturated heterocycles. The van der Waals surface area contributed by atoms with E-state index < -0.39 is 11.8 Å². The van der Waals surface area contributed by atoms with Gasteiger partial charge in [-0.15, -0.1) is 0 Å². The van der Waals surface area contributed by atoms with Crippen molar-refractivity contribution < 1.29 is 18.7 Å². The number of carbonyl (C=O) groups excluding carboxylic acids is 1. The number of esters is 1. The number of nitrogens with zero attached hydrogens (tertiary/aromatic N) is 2. The summed E-state index contributed by atoms with van der Waals surface area (Å²) in [4.78, 5) is 19.2. The Morgan fingerprint density at radius 3 is 2.50 bits per heavy atom. The van der Waals surface area contributed by atoms with Crippen molar-refractivity contribution >= 4 is 21.9 Å². The van der Waals surface area contributed by atoms with E-state index in [4.69, 9.17) is 4.74 Å². The largest absolute Gasteiger partial charge is 0.465 e. The van der Waals surface area contributed by atoms with E-state index in [0.717, 1.165) is 6.07 Å². The SMILES string of the molecule is COC(=O)c1cc(F)c(Oc2cnc(C)nc2)c(Br)c1. The van der Waals surface area contributed by atoms with Crippen molar-refractivity contribution in [3.05, 3.63) is 46.2 Å². The second kappa shape index (κ2) is 5.96. The number of hydrogen-bond donors (Lipinski definition) is 0. The molecule has 20 heavy (non-hydrogen) atoms. The maximum absolute atomic E-state index is 14.0. The molecule has 0 unspecified atom stereocenters. The number of hydrogen-bond acceptors (Lipinski definition) is 5. The minimum atomic E-state index is -0.694. The molecule has 1 aromatic heterocycles. The molecule has 0 fully saturated rings. The molecule has 104 valence electrons. The Bertz CT molecular complexity index is 624. The van der Waals surface area contributed by atoms with Crippen LogP contribution in [0, 0.1) is 12.7 Å². The van der Waals surface area contributed by atoms with Crippen molar-refractivity contribution in [3.8, 4) is 11.5 Å². The van der Waals surface area contributed by atoms with Crippen molar-refractivity contribution in [1.82, 2.24) is 9.97 Å². The van der Waals surface area contributed by atoms with Crippen LogP contribution in [0.25, 0.3) is 0 Å². The molecule has 2 aromatic rings. The topological polar surface area (TPSA) is 61.3 Å². The first-order valence-corrected chi connectivity index (χ1v) is 6.34. The standard InChI is InChI=1S/C13H10BrFN2O3/c1-7-16-5-9(6-17-7)20-12-10(14)3-8(4-11(12)15)13(18)19-2/h3-6H,1-2H3. The third-order valence-electron chi connectivity index (χ3n) is 2.40. The van der Waals surface area contributed by atoms with E-state index in [-0.39, 0.29) is 11.3 Å². The van der Waals surface area contributed by atoms with Crippen LogP contribution in [-0.4, -0.2) is 23.0 Å². The van der Waals surface area contributed by atoms with Crippen LogP contribution < -0.4 is 4.74 Å². The number of methoxy groups -OCH3 is 1. The highest BCUT2D eigenvalue weighted by Gasteiger charge is 2.16. The molecule has 0 amide bonds. The van der Waals surface area contributed by atoms with Crippen molar-refractivity contribution in [3.63, 3.8) is 0 Å². The molecule has 0 saturated carbocycles. The van der Waals surface area contributed by atoms with Gasteiger partial charge in [0.1, 0.15) is 5.82 Å². The van der Waals surface area contributed by atoms with E-state index in [1.54, 1.807) is 6.92 Å². The first-order valence-electron chi connectivity index (χ1n) is 5.55. The first-order chi connectivity index (χ1) is 9.51. The lowest BCUT2D eigenvalue weighted by molar-refractivity contribution is 0.0600. The molecule has 7 heteroatoms. The first kappa shape index (κ1) is 14.4. The summed E-state index contributed by atoms with van der Waals surface area (Å²) in [7, 11) is 1.22. The molecule has 0 N–H and O–H groups in total. The molecular weight excluding hydrogens is 331 g/mol. The summed E-state index contributed by atoms with van der Waals surface area (Å²) < 4.78 is 24.2. The van der Waals surface area contributed by atoms with Crippen molar-refractivity contribution in [1.29, 1.82) is 0 Å². The molecule has 1 aromatic carbocycles. The molecule has 0 aliphatic heterocycles. The normalized spacial score (nSPS) is 10.2. The smallest absolute Gasteiger partial charge is 0.337 e. The van der Waals surface area contributed by atoms with Crippen LogP contribution in [0.3, 0.4) is 0 Å². The van der Waals surface area contributed by atoms with Crippen LogP contribution in [0.5, 0.6) is 11.5 Å². The maximum Gasteiger partial charge on any atom is 0.337 e. The zero-order chi connectivity index (χ0) is 14.7. The third-order valence-corrected chi connectivity index (χ3v) is 2.99. The van der Waals surface area contributed by atoms with Gasteiger partial charge >= 0.3 is 5.97 Å². The van der Waals surface area contributed by atoms with Gasteiger partial charge in [0.05, 0.1) is 29.5 Å². The minimum absolute atomic E-state index is 0.0508. The van der Waals surface area contributed by atoms with Gasteiger partial charge in [-0.05, 0) is 35.0 Å². The van der Waals surface area contributed by atoms with Gasteiger partial charge in [0, 0.05) is 0 Å². The van der Waals surface area contributed by atoms with Gasteiger partial charge in [0.15, 0.2) is 17.3 Å². The molecule has 0 aliphatic rings. The Morgan fingerprint density at radius 2 is 1.95 bits per heavy atom. The number of halogens is 2. The van der Waals surface area contributed by atoms with Crippen LogP contribution >= 0.6 is 15.9 Å². The summed E-state index contributed by atoms with van der Waals surface area (Å²) in [5, 5.41) is 0. The fourth-order valence-electron chi connectivity index (χ4n) is 1.44. The second-order valence-electron chi connectivity index (χ2n) is 3.83. The summed E-state index contributed by atoms with van der Waals surface area (Å²) >= 11 is 3.15. The lowest BCUT2D eigenvalue weighted by Gasteiger charge is -2.09. The number of rotatable bonds is 3. The van der Waals surface area contributed by atoms with Crippen LogP contribution in [0.2, 0.25) is 0 Å². The average molecular weight is 341 g/mol. The van der Waals surface area contributed by atoms with Crippen LogP contribution in [-0.2, 0) is 4.74 Å². The summed E-state index contributed by atoms with van der Waals surface area (Å²) in [6.45, 7) is 1.73. The minimum Gasteiger partial charge on any atom is -0.465 e. The zero-order valence-corrected chi connectivity index (χ0v) is 12.3. The van der Waals surface area contributed by atoms with Crippen LogP contribution in [0.15, 0.2) is 29.0 Å². The number of carbonyl (C=O) groups is 1. The van der Waals surface area contributed by atoms with E-state index >= 15 is 0 Å². The van der Waals surface area contributed by atoms with Crippen molar-refractivity contribution in [2.24, 2.45) is 0 Å². The van der Waals surface area contributed by atoms with Crippen molar-refractivity contribution in [2.75, 3.05) is 7.11 Å². The number of benzene rings is 1. The number of aryl methyl sites for hydroxylation is 1. The van der Waals surface area contributed by atoms with Gasteiger partial charge < -0.3 is 9.47 Å². The zero-order valence-electron chi connectivity index (χ0n) is 10.7. The quantitative estimate of drug-likeness (QED) is 0.802. The Hall–Kier alpha value is -2.02. The number of ether oxygens (including phenoxy) is 2. The summed E-state index contributed by atoms with van der Waals surface area (Å²) in [5.41, 5.74) is 0.0874. The Kier molecular flexibility index (Phi) is 4.29. The van der Waals surface area contributed by atoms with Gasteiger partial charge in [-0.2, -0.15) is 0 Å². The molecule has 5 nitrogen and oxygen atoms in total. The predicted octanol–water partition coefficient (Wildman–Crippen LogP) is 3.27. The predicted molar refractivity (Wildman–Crippen MR) is 72.3 cm³/mol. The fourth-order valence-corrected chi connectivity index (χ4v) is 1.96. The molecule has 1 heterocycles. The van der Waals surface area contributed by atoms with Crippen LogP contribution in [0.1, 0.15) is 16.2 Å². The van der Waals surface area contributed by atoms with E-state index in [0.29, 0.717) is 16.0 Å². The summed E-state index contributed by atoms with van der Waals surface area (Å²) in [5.74, 6) is -0.501. The average Bonchev–Trinajstić information content (AvgIpc) is 2.43. The molecule has 0 spiro atoms. The van der Waals surface area contributed by atoms with Gasteiger partial charge in [-0.25, -0.2) is 19.2 Å². The molecular formula is C13H10BrFN2O3. The third kappa shape index (κ3) is 3.11. The molecule has 0 atom stereocenters. The Balaban J connectivity index is 2.33. The highest BCUT2D eigenvalue weighted by atomic mass is 79.9. The summed E-state index contributed by atoms with van der Waals surface area (Å²) in [6.07, 6.45) is 2.87. The van der Waals surface area contributed by atoms with E-state index in [1.165, 1.54) is 25.6 Å². The van der Waals surface area contributed by atoms with Crippen LogP contribution in [0.4, 0.5) is 4.39 Å².